The number of aryl methyl sites for hydroxylation is 1. The summed E-state index contributed by atoms with van der Waals surface area (Å²) in [5.41, 5.74) is 3.65. The SMILES string of the molecule is Cc1nn(-c2ccccc2)c(NC(=O)c2ccc(C(C)(C)C)cc2)c(-c2ccccc2)c1=O. The molecule has 4 rings (SSSR count). The molecule has 0 spiro atoms. The van der Waals surface area contributed by atoms with Gasteiger partial charge in [-0.05, 0) is 47.7 Å². The predicted molar refractivity (Wildman–Crippen MR) is 133 cm³/mol. The van der Waals surface area contributed by atoms with E-state index < -0.39 is 0 Å². The van der Waals surface area contributed by atoms with Crippen LogP contribution in [0.2, 0.25) is 0 Å². The van der Waals surface area contributed by atoms with Crippen molar-refractivity contribution in [2.75, 3.05) is 5.32 Å². The van der Waals surface area contributed by atoms with Crippen LogP contribution in [0.3, 0.4) is 0 Å². The van der Waals surface area contributed by atoms with Crippen LogP contribution in [-0.4, -0.2) is 15.7 Å². The normalized spacial score (nSPS) is 11.3. The van der Waals surface area contributed by atoms with Gasteiger partial charge in [-0.25, -0.2) is 4.68 Å². The molecule has 4 aromatic rings. The molecule has 33 heavy (non-hydrogen) atoms. The zero-order chi connectivity index (χ0) is 23.6. The molecule has 0 aliphatic carbocycles. The van der Waals surface area contributed by atoms with Gasteiger partial charge in [-0.15, -0.1) is 0 Å². The lowest BCUT2D eigenvalue weighted by Crippen LogP contribution is -2.25. The Morgan fingerprint density at radius 1 is 0.848 bits per heavy atom. The minimum absolute atomic E-state index is 0.00977. The van der Waals surface area contributed by atoms with E-state index in [-0.39, 0.29) is 16.8 Å². The highest BCUT2D eigenvalue weighted by atomic mass is 16.2. The quantitative estimate of drug-likeness (QED) is 0.442. The zero-order valence-electron chi connectivity index (χ0n) is 19.3. The smallest absolute Gasteiger partial charge is 0.256 e. The number of hydrogen-bond donors (Lipinski definition) is 1. The number of amides is 1. The third-order valence-electron chi connectivity index (χ3n) is 5.56. The van der Waals surface area contributed by atoms with Crippen LogP contribution in [0.15, 0.2) is 89.7 Å². The Bertz CT molecular complexity index is 1330. The fourth-order valence-electron chi connectivity index (χ4n) is 3.69. The van der Waals surface area contributed by atoms with Gasteiger partial charge in [0.25, 0.3) is 5.91 Å². The van der Waals surface area contributed by atoms with E-state index >= 15 is 0 Å². The summed E-state index contributed by atoms with van der Waals surface area (Å²) in [6, 6.07) is 26.4. The Hall–Kier alpha value is -3.99. The third-order valence-corrected chi connectivity index (χ3v) is 5.56. The van der Waals surface area contributed by atoms with Gasteiger partial charge in [0.05, 0.1) is 11.3 Å². The molecule has 1 aromatic heterocycles. The molecule has 0 atom stereocenters. The molecule has 0 fully saturated rings. The summed E-state index contributed by atoms with van der Waals surface area (Å²) in [4.78, 5) is 26.5. The standard InChI is InChI=1S/C28H27N3O2/c1-19-25(32)24(20-11-7-5-8-12-20)26(31(30-19)23-13-9-6-10-14-23)29-27(33)21-15-17-22(18-16-21)28(2,3)4/h5-18H,1-4H3,(H,29,33). The Morgan fingerprint density at radius 3 is 2.00 bits per heavy atom. The Morgan fingerprint density at radius 2 is 1.42 bits per heavy atom. The molecular weight excluding hydrogens is 410 g/mol. The second kappa shape index (κ2) is 8.87. The molecule has 0 saturated heterocycles. The lowest BCUT2D eigenvalue weighted by atomic mass is 9.87. The first kappa shape index (κ1) is 22.2. The van der Waals surface area contributed by atoms with E-state index in [1.807, 2.05) is 84.9 Å². The second-order valence-corrected chi connectivity index (χ2v) is 9.03. The zero-order valence-corrected chi connectivity index (χ0v) is 19.3. The van der Waals surface area contributed by atoms with Gasteiger partial charge in [0, 0.05) is 5.56 Å². The Kier molecular flexibility index (Phi) is 5.97. The molecule has 5 nitrogen and oxygen atoms in total. The van der Waals surface area contributed by atoms with Crippen LogP contribution in [0.25, 0.3) is 16.8 Å². The number of carbonyl (C=O) groups is 1. The van der Waals surface area contributed by atoms with Crippen molar-refractivity contribution in [1.29, 1.82) is 0 Å². The Balaban J connectivity index is 1.86. The maximum absolute atomic E-state index is 13.3. The maximum atomic E-state index is 13.3. The summed E-state index contributed by atoms with van der Waals surface area (Å²) >= 11 is 0. The van der Waals surface area contributed by atoms with Crippen molar-refractivity contribution in [3.63, 3.8) is 0 Å². The van der Waals surface area contributed by atoms with Gasteiger partial charge in [0.2, 0.25) is 5.43 Å². The van der Waals surface area contributed by atoms with Crippen LogP contribution in [0.1, 0.15) is 42.4 Å². The van der Waals surface area contributed by atoms with E-state index in [1.54, 1.807) is 11.6 Å². The molecule has 1 N–H and O–H groups in total. The van der Waals surface area contributed by atoms with Gasteiger partial charge in [-0.2, -0.15) is 5.10 Å². The van der Waals surface area contributed by atoms with E-state index in [2.05, 4.69) is 31.2 Å². The fraction of sp³-hybridized carbons (Fsp3) is 0.179. The van der Waals surface area contributed by atoms with Crippen LogP contribution < -0.4 is 10.7 Å². The fourth-order valence-corrected chi connectivity index (χ4v) is 3.69. The van der Waals surface area contributed by atoms with Gasteiger partial charge in [0.15, 0.2) is 0 Å². The molecule has 0 aliphatic rings. The molecule has 0 saturated carbocycles. The van der Waals surface area contributed by atoms with Crippen molar-refractivity contribution in [1.82, 2.24) is 9.78 Å². The topological polar surface area (TPSA) is 64.0 Å². The molecule has 0 aliphatic heterocycles. The number of nitrogens with one attached hydrogen (secondary N) is 1. The summed E-state index contributed by atoms with van der Waals surface area (Å²) in [5, 5.41) is 7.49. The van der Waals surface area contributed by atoms with Crippen molar-refractivity contribution >= 4 is 11.7 Å². The lowest BCUT2D eigenvalue weighted by molar-refractivity contribution is 0.102. The number of carbonyl (C=O) groups excluding carboxylic acids is 1. The van der Waals surface area contributed by atoms with E-state index in [9.17, 15) is 9.59 Å². The van der Waals surface area contributed by atoms with Gasteiger partial charge >= 0.3 is 0 Å². The highest BCUT2D eigenvalue weighted by Gasteiger charge is 2.21. The minimum Gasteiger partial charge on any atom is -0.306 e. The molecule has 3 aromatic carbocycles. The molecule has 166 valence electrons. The van der Waals surface area contributed by atoms with Crippen molar-refractivity contribution in [3.8, 4) is 16.8 Å². The van der Waals surface area contributed by atoms with Crippen molar-refractivity contribution in [2.45, 2.75) is 33.1 Å². The third kappa shape index (κ3) is 4.62. The first-order valence-corrected chi connectivity index (χ1v) is 10.9. The number of nitrogens with zero attached hydrogens (tertiary/aromatic N) is 2. The van der Waals surface area contributed by atoms with Gasteiger partial charge < -0.3 is 5.32 Å². The van der Waals surface area contributed by atoms with Crippen LogP contribution in [0.4, 0.5) is 5.82 Å². The van der Waals surface area contributed by atoms with E-state index in [1.165, 1.54) is 0 Å². The number of anilines is 1. The highest BCUT2D eigenvalue weighted by molar-refractivity contribution is 6.05. The average molecular weight is 438 g/mol. The monoisotopic (exact) mass is 437 g/mol. The molecule has 0 unspecified atom stereocenters. The van der Waals surface area contributed by atoms with Crippen molar-refractivity contribution in [2.24, 2.45) is 0 Å². The molecule has 0 radical (unpaired) electrons. The first-order chi connectivity index (χ1) is 15.8. The van der Waals surface area contributed by atoms with Crippen LogP contribution in [0.5, 0.6) is 0 Å². The van der Waals surface area contributed by atoms with Crippen LogP contribution in [-0.2, 0) is 5.41 Å². The van der Waals surface area contributed by atoms with Crippen LogP contribution >= 0.6 is 0 Å². The largest absolute Gasteiger partial charge is 0.306 e. The Labute approximate surface area is 193 Å². The molecule has 1 amide bonds. The van der Waals surface area contributed by atoms with Gasteiger partial charge in [-0.3, -0.25) is 9.59 Å². The number of para-hydroxylation sites is 1. The van der Waals surface area contributed by atoms with E-state index in [0.29, 0.717) is 22.6 Å². The van der Waals surface area contributed by atoms with Crippen molar-refractivity contribution in [3.05, 3.63) is 112 Å². The molecular formula is C28H27N3O2. The van der Waals surface area contributed by atoms with E-state index in [0.717, 1.165) is 16.8 Å². The summed E-state index contributed by atoms with van der Waals surface area (Å²) in [7, 11) is 0. The van der Waals surface area contributed by atoms with Gasteiger partial charge in [0.1, 0.15) is 11.5 Å². The summed E-state index contributed by atoms with van der Waals surface area (Å²) in [6.07, 6.45) is 0. The summed E-state index contributed by atoms with van der Waals surface area (Å²) in [5.74, 6) is 0.0373. The van der Waals surface area contributed by atoms with Crippen LogP contribution in [0, 0.1) is 6.92 Å². The number of rotatable bonds is 4. The number of benzene rings is 3. The van der Waals surface area contributed by atoms with E-state index in [4.69, 9.17) is 0 Å². The first-order valence-electron chi connectivity index (χ1n) is 10.9. The molecule has 0 bridgehead atoms. The summed E-state index contributed by atoms with van der Waals surface area (Å²) < 4.78 is 1.63. The number of hydrogen-bond acceptors (Lipinski definition) is 3. The number of aromatic nitrogens is 2. The molecule has 5 heteroatoms. The second-order valence-electron chi connectivity index (χ2n) is 9.03. The highest BCUT2D eigenvalue weighted by Crippen LogP contribution is 2.28. The molecule has 1 heterocycles. The van der Waals surface area contributed by atoms with Gasteiger partial charge in [-0.1, -0.05) is 81.4 Å². The lowest BCUT2D eigenvalue weighted by Gasteiger charge is -2.20. The van der Waals surface area contributed by atoms with Crippen molar-refractivity contribution < 1.29 is 4.79 Å². The predicted octanol–water partition coefficient (Wildman–Crippen LogP) is 5.76. The maximum Gasteiger partial charge on any atom is 0.256 e. The average Bonchev–Trinajstić information content (AvgIpc) is 2.82. The summed E-state index contributed by atoms with van der Waals surface area (Å²) in [6.45, 7) is 8.07. The minimum atomic E-state index is -0.303.